The minimum atomic E-state index is -0.114. The van der Waals surface area contributed by atoms with E-state index >= 15 is 0 Å². The van der Waals surface area contributed by atoms with Crippen LogP contribution in [-0.2, 0) is 6.42 Å². The Morgan fingerprint density at radius 3 is 2.57 bits per heavy atom. The highest BCUT2D eigenvalue weighted by atomic mass is 14.7. The molecule has 0 bridgehead atoms. The predicted molar refractivity (Wildman–Crippen MR) is 62.2 cm³/mol. The molecule has 1 heteroatoms. The Kier molecular flexibility index (Phi) is 3.90. The molecule has 1 nitrogen and oxygen atoms in total. The number of rotatable bonds is 5. The molecule has 76 valence electrons. The topological polar surface area (TPSA) is 26.0 Å². The van der Waals surface area contributed by atoms with E-state index in [4.69, 9.17) is 5.73 Å². The molecule has 1 rings (SSSR count). The lowest BCUT2D eigenvalue weighted by Crippen LogP contribution is -2.35. The monoisotopic (exact) mass is 189 g/mol. The van der Waals surface area contributed by atoms with E-state index in [1.165, 1.54) is 5.56 Å². The molecule has 0 fully saturated rings. The van der Waals surface area contributed by atoms with Crippen LogP contribution in [0.3, 0.4) is 0 Å². The van der Waals surface area contributed by atoms with E-state index in [0.29, 0.717) is 0 Å². The lowest BCUT2D eigenvalue weighted by Gasteiger charge is -2.22. The molecule has 0 aliphatic rings. The largest absolute Gasteiger partial charge is 0.325 e. The fourth-order valence-electron chi connectivity index (χ4n) is 1.51. The third kappa shape index (κ3) is 3.75. The average Bonchev–Trinajstić information content (AvgIpc) is 2.17. The standard InChI is InChI=1S/C13H19N/c1-3-10-13(2,14)11-9-12-7-5-4-6-8-12/h3-8H,1,9-11,14H2,2H3. The summed E-state index contributed by atoms with van der Waals surface area (Å²) >= 11 is 0. The summed E-state index contributed by atoms with van der Waals surface area (Å²) in [4.78, 5) is 0. The van der Waals surface area contributed by atoms with Gasteiger partial charge in [-0.05, 0) is 31.7 Å². The third-order valence-electron chi connectivity index (χ3n) is 2.44. The van der Waals surface area contributed by atoms with Crippen LogP contribution in [0.4, 0.5) is 0 Å². The summed E-state index contributed by atoms with van der Waals surface area (Å²) in [5, 5.41) is 0. The Balaban J connectivity index is 2.44. The first kappa shape index (κ1) is 11.0. The molecule has 0 saturated heterocycles. The smallest absolute Gasteiger partial charge is 0.0163 e. The summed E-state index contributed by atoms with van der Waals surface area (Å²) in [6, 6.07) is 10.5. The summed E-state index contributed by atoms with van der Waals surface area (Å²) in [6.45, 7) is 5.80. The highest BCUT2D eigenvalue weighted by molar-refractivity contribution is 5.15. The Hall–Kier alpha value is -1.08. The van der Waals surface area contributed by atoms with Crippen molar-refractivity contribution in [3.8, 4) is 0 Å². The fourth-order valence-corrected chi connectivity index (χ4v) is 1.51. The van der Waals surface area contributed by atoms with E-state index in [9.17, 15) is 0 Å². The SMILES string of the molecule is C=CCC(C)(N)CCc1ccccc1. The molecule has 14 heavy (non-hydrogen) atoms. The van der Waals surface area contributed by atoms with Crippen LogP contribution in [0.5, 0.6) is 0 Å². The van der Waals surface area contributed by atoms with Crippen molar-refractivity contribution < 1.29 is 0 Å². The van der Waals surface area contributed by atoms with Crippen LogP contribution < -0.4 is 5.73 Å². The highest BCUT2D eigenvalue weighted by Crippen LogP contribution is 2.15. The van der Waals surface area contributed by atoms with Gasteiger partial charge in [-0.1, -0.05) is 36.4 Å². The second kappa shape index (κ2) is 4.97. The Morgan fingerprint density at radius 1 is 1.36 bits per heavy atom. The number of aryl methyl sites for hydroxylation is 1. The molecule has 2 N–H and O–H groups in total. The van der Waals surface area contributed by atoms with Crippen molar-refractivity contribution in [2.24, 2.45) is 5.73 Å². The first-order valence-corrected chi connectivity index (χ1v) is 5.08. The number of hydrogen-bond acceptors (Lipinski definition) is 1. The van der Waals surface area contributed by atoms with Gasteiger partial charge < -0.3 is 5.73 Å². The van der Waals surface area contributed by atoms with Gasteiger partial charge in [-0.25, -0.2) is 0 Å². The van der Waals surface area contributed by atoms with Crippen molar-refractivity contribution in [3.63, 3.8) is 0 Å². The Morgan fingerprint density at radius 2 is 2.00 bits per heavy atom. The highest BCUT2D eigenvalue weighted by Gasteiger charge is 2.15. The van der Waals surface area contributed by atoms with Gasteiger partial charge in [0.05, 0.1) is 0 Å². The van der Waals surface area contributed by atoms with Crippen molar-refractivity contribution in [2.45, 2.75) is 31.7 Å². The predicted octanol–water partition coefficient (Wildman–Crippen LogP) is 2.91. The van der Waals surface area contributed by atoms with Gasteiger partial charge in [0.25, 0.3) is 0 Å². The van der Waals surface area contributed by atoms with Gasteiger partial charge in [-0.2, -0.15) is 0 Å². The first-order chi connectivity index (χ1) is 6.64. The van der Waals surface area contributed by atoms with E-state index in [1.807, 2.05) is 12.1 Å². The van der Waals surface area contributed by atoms with E-state index in [0.717, 1.165) is 19.3 Å². The van der Waals surface area contributed by atoms with E-state index in [2.05, 4.69) is 37.8 Å². The molecular formula is C13H19N. The number of benzene rings is 1. The molecule has 1 aromatic rings. The van der Waals surface area contributed by atoms with Gasteiger partial charge in [-0.15, -0.1) is 6.58 Å². The lowest BCUT2D eigenvalue weighted by atomic mass is 9.91. The molecule has 0 saturated carbocycles. The van der Waals surface area contributed by atoms with Crippen molar-refractivity contribution in [1.29, 1.82) is 0 Å². The maximum Gasteiger partial charge on any atom is 0.0163 e. The minimum absolute atomic E-state index is 0.114. The Bertz CT molecular complexity index is 275. The van der Waals surface area contributed by atoms with Gasteiger partial charge in [0.15, 0.2) is 0 Å². The molecule has 0 amide bonds. The van der Waals surface area contributed by atoms with Crippen LogP contribution >= 0.6 is 0 Å². The number of hydrogen-bond donors (Lipinski definition) is 1. The average molecular weight is 189 g/mol. The Labute approximate surface area is 86.6 Å². The van der Waals surface area contributed by atoms with Crippen LogP contribution in [0.25, 0.3) is 0 Å². The first-order valence-electron chi connectivity index (χ1n) is 5.08. The minimum Gasteiger partial charge on any atom is -0.325 e. The molecule has 0 radical (unpaired) electrons. The van der Waals surface area contributed by atoms with Gasteiger partial charge in [0.1, 0.15) is 0 Å². The molecule has 1 atom stereocenters. The normalized spacial score (nSPS) is 14.7. The summed E-state index contributed by atoms with van der Waals surface area (Å²) in [7, 11) is 0. The summed E-state index contributed by atoms with van der Waals surface area (Å²) in [5.74, 6) is 0. The quantitative estimate of drug-likeness (QED) is 0.708. The van der Waals surface area contributed by atoms with Crippen LogP contribution in [0.2, 0.25) is 0 Å². The molecule has 0 aliphatic carbocycles. The molecule has 0 aliphatic heterocycles. The maximum absolute atomic E-state index is 6.10. The van der Waals surface area contributed by atoms with E-state index < -0.39 is 0 Å². The lowest BCUT2D eigenvalue weighted by molar-refractivity contribution is 0.438. The van der Waals surface area contributed by atoms with Crippen molar-refractivity contribution >= 4 is 0 Å². The number of nitrogens with two attached hydrogens (primary N) is 1. The zero-order chi connectivity index (χ0) is 10.4. The van der Waals surface area contributed by atoms with Gasteiger partial charge in [0.2, 0.25) is 0 Å². The molecule has 0 heterocycles. The van der Waals surface area contributed by atoms with Crippen molar-refractivity contribution in [2.75, 3.05) is 0 Å². The van der Waals surface area contributed by atoms with E-state index in [1.54, 1.807) is 0 Å². The molecule has 0 spiro atoms. The molecule has 1 unspecified atom stereocenters. The van der Waals surface area contributed by atoms with E-state index in [-0.39, 0.29) is 5.54 Å². The fraction of sp³-hybridized carbons (Fsp3) is 0.385. The van der Waals surface area contributed by atoms with Gasteiger partial charge in [0, 0.05) is 5.54 Å². The second-order valence-electron chi connectivity index (χ2n) is 4.13. The molecule has 0 aromatic heterocycles. The molecule has 1 aromatic carbocycles. The van der Waals surface area contributed by atoms with Crippen molar-refractivity contribution in [1.82, 2.24) is 0 Å². The summed E-state index contributed by atoms with van der Waals surface area (Å²) < 4.78 is 0. The van der Waals surface area contributed by atoms with Crippen LogP contribution in [0.1, 0.15) is 25.3 Å². The van der Waals surface area contributed by atoms with Crippen LogP contribution in [0, 0.1) is 0 Å². The summed E-state index contributed by atoms with van der Waals surface area (Å²) in [5.41, 5.74) is 7.35. The van der Waals surface area contributed by atoms with Crippen molar-refractivity contribution in [3.05, 3.63) is 48.6 Å². The second-order valence-corrected chi connectivity index (χ2v) is 4.13. The third-order valence-corrected chi connectivity index (χ3v) is 2.44. The van der Waals surface area contributed by atoms with Crippen LogP contribution in [0.15, 0.2) is 43.0 Å². The van der Waals surface area contributed by atoms with Gasteiger partial charge >= 0.3 is 0 Å². The maximum atomic E-state index is 6.10. The zero-order valence-electron chi connectivity index (χ0n) is 8.87. The van der Waals surface area contributed by atoms with Gasteiger partial charge in [-0.3, -0.25) is 0 Å². The van der Waals surface area contributed by atoms with Crippen LogP contribution in [-0.4, -0.2) is 5.54 Å². The summed E-state index contributed by atoms with van der Waals surface area (Å²) in [6.07, 6.45) is 4.82. The zero-order valence-corrected chi connectivity index (χ0v) is 8.87. The molecular weight excluding hydrogens is 170 g/mol.